The van der Waals surface area contributed by atoms with Crippen LogP contribution in [0.3, 0.4) is 0 Å². The van der Waals surface area contributed by atoms with E-state index in [-0.39, 0.29) is 0 Å². The van der Waals surface area contributed by atoms with Gasteiger partial charge in [0.2, 0.25) is 0 Å². The highest BCUT2D eigenvalue weighted by atomic mass is 35.5. The van der Waals surface area contributed by atoms with Crippen LogP contribution < -0.4 is 5.32 Å². The summed E-state index contributed by atoms with van der Waals surface area (Å²) in [7, 11) is 2.17. The van der Waals surface area contributed by atoms with Crippen LogP contribution in [-0.4, -0.2) is 66.1 Å². The quantitative estimate of drug-likeness (QED) is 0.830. The fraction of sp³-hybridized carbons (Fsp3) is 0.667. The normalized spacial score (nSPS) is 17.9. The van der Waals surface area contributed by atoms with E-state index in [4.69, 9.17) is 11.6 Å². The van der Waals surface area contributed by atoms with Gasteiger partial charge < -0.3 is 10.2 Å². The van der Waals surface area contributed by atoms with E-state index in [0.717, 1.165) is 45.1 Å². The number of nitrogens with one attached hydrogen (secondary N) is 1. The zero-order valence-electron chi connectivity index (χ0n) is 11.0. The Morgan fingerprint density at radius 1 is 1.28 bits per heavy atom. The Balaban J connectivity index is 1.74. The second-order valence-electron chi connectivity index (χ2n) is 4.69. The summed E-state index contributed by atoms with van der Waals surface area (Å²) in [6.07, 6.45) is 0. The van der Waals surface area contributed by atoms with Crippen molar-refractivity contribution in [2.45, 2.75) is 6.92 Å². The lowest BCUT2D eigenvalue weighted by molar-refractivity contribution is 0.158. The number of hydrogen-bond acceptors (Lipinski definition) is 5. The van der Waals surface area contributed by atoms with Gasteiger partial charge in [-0.25, -0.2) is 9.97 Å². The average molecular weight is 270 g/mol. The molecular weight excluding hydrogens is 250 g/mol. The summed E-state index contributed by atoms with van der Waals surface area (Å²) in [4.78, 5) is 13.2. The lowest BCUT2D eigenvalue weighted by Crippen LogP contribution is -2.45. The summed E-state index contributed by atoms with van der Waals surface area (Å²) in [5.74, 6) is 1.51. The Kier molecular flexibility index (Phi) is 4.74. The molecule has 1 aromatic rings. The average Bonchev–Trinajstić information content (AvgIpc) is 2.30. The van der Waals surface area contributed by atoms with Gasteiger partial charge in [0, 0.05) is 45.3 Å². The van der Waals surface area contributed by atoms with Crippen molar-refractivity contribution in [1.29, 1.82) is 0 Å². The van der Waals surface area contributed by atoms with Gasteiger partial charge in [0.25, 0.3) is 0 Å². The Bertz CT molecular complexity index is 370. The maximum Gasteiger partial charge on any atom is 0.134 e. The molecule has 100 valence electrons. The first kappa shape index (κ1) is 13.5. The van der Waals surface area contributed by atoms with E-state index >= 15 is 0 Å². The molecule has 1 aliphatic rings. The number of hydrogen-bond donors (Lipinski definition) is 1. The van der Waals surface area contributed by atoms with Gasteiger partial charge in [-0.3, -0.25) is 4.90 Å². The van der Waals surface area contributed by atoms with Gasteiger partial charge in [-0.15, -0.1) is 0 Å². The lowest BCUT2D eigenvalue weighted by Gasteiger charge is -2.32. The van der Waals surface area contributed by atoms with Crippen molar-refractivity contribution < 1.29 is 0 Å². The number of anilines is 1. The zero-order valence-corrected chi connectivity index (χ0v) is 11.7. The first-order valence-corrected chi connectivity index (χ1v) is 6.67. The molecule has 0 unspecified atom stereocenters. The van der Waals surface area contributed by atoms with Crippen LogP contribution in [0.25, 0.3) is 0 Å². The van der Waals surface area contributed by atoms with Gasteiger partial charge in [-0.2, -0.15) is 0 Å². The number of aryl methyl sites for hydroxylation is 1. The largest absolute Gasteiger partial charge is 0.369 e. The van der Waals surface area contributed by atoms with Crippen LogP contribution in [0.1, 0.15) is 5.82 Å². The van der Waals surface area contributed by atoms with E-state index in [9.17, 15) is 0 Å². The second-order valence-corrected chi connectivity index (χ2v) is 5.08. The van der Waals surface area contributed by atoms with Gasteiger partial charge in [-0.1, -0.05) is 11.6 Å². The Hall–Kier alpha value is -0.910. The summed E-state index contributed by atoms with van der Waals surface area (Å²) in [5, 5.41) is 3.78. The first-order valence-electron chi connectivity index (χ1n) is 6.29. The van der Waals surface area contributed by atoms with Crippen LogP contribution in [0.5, 0.6) is 0 Å². The molecule has 0 radical (unpaired) electrons. The molecule has 2 rings (SSSR count). The summed E-state index contributed by atoms with van der Waals surface area (Å²) in [6, 6.07) is 1.76. The fourth-order valence-electron chi connectivity index (χ4n) is 2.04. The Labute approximate surface area is 113 Å². The molecule has 0 aliphatic carbocycles. The minimum atomic E-state index is 0.490. The predicted octanol–water partition coefficient (Wildman–Crippen LogP) is 1.10. The minimum absolute atomic E-state index is 0.490. The van der Waals surface area contributed by atoms with Crippen LogP contribution in [0.15, 0.2) is 6.07 Å². The molecule has 0 atom stereocenters. The minimum Gasteiger partial charge on any atom is -0.369 e. The van der Waals surface area contributed by atoms with Crippen molar-refractivity contribution in [3.05, 3.63) is 17.0 Å². The van der Waals surface area contributed by atoms with E-state index in [1.165, 1.54) is 0 Å². The Morgan fingerprint density at radius 2 is 2.00 bits per heavy atom. The van der Waals surface area contributed by atoms with Crippen LogP contribution >= 0.6 is 11.6 Å². The standard InChI is InChI=1S/C12H20ClN5/c1-10-15-11(13)9-12(16-10)14-3-4-18-7-5-17(2)6-8-18/h9H,3-8H2,1-2H3,(H,14,15,16). The molecule has 6 heteroatoms. The van der Waals surface area contributed by atoms with Crippen molar-refractivity contribution in [2.24, 2.45) is 0 Å². The number of piperazine rings is 1. The topological polar surface area (TPSA) is 44.3 Å². The SMILES string of the molecule is Cc1nc(Cl)cc(NCCN2CCN(C)CC2)n1. The molecule has 2 heterocycles. The molecule has 0 aromatic carbocycles. The Morgan fingerprint density at radius 3 is 2.67 bits per heavy atom. The molecule has 0 saturated carbocycles. The molecule has 1 fully saturated rings. The molecule has 1 saturated heterocycles. The lowest BCUT2D eigenvalue weighted by atomic mass is 10.3. The van der Waals surface area contributed by atoms with Gasteiger partial charge in [-0.05, 0) is 14.0 Å². The van der Waals surface area contributed by atoms with Crippen LogP contribution in [0, 0.1) is 6.92 Å². The van der Waals surface area contributed by atoms with Crippen LogP contribution in [0.4, 0.5) is 5.82 Å². The van der Waals surface area contributed by atoms with E-state index in [0.29, 0.717) is 11.0 Å². The van der Waals surface area contributed by atoms with Crippen LogP contribution in [0.2, 0.25) is 5.15 Å². The highest BCUT2D eigenvalue weighted by Gasteiger charge is 2.12. The highest BCUT2D eigenvalue weighted by Crippen LogP contribution is 2.10. The van der Waals surface area contributed by atoms with Crippen molar-refractivity contribution in [3.8, 4) is 0 Å². The number of nitrogens with zero attached hydrogens (tertiary/aromatic N) is 4. The van der Waals surface area contributed by atoms with Gasteiger partial charge in [0.05, 0.1) is 0 Å². The van der Waals surface area contributed by atoms with E-state index in [2.05, 4.69) is 32.1 Å². The van der Waals surface area contributed by atoms with Crippen LogP contribution in [-0.2, 0) is 0 Å². The molecule has 5 nitrogen and oxygen atoms in total. The number of rotatable bonds is 4. The van der Waals surface area contributed by atoms with E-state index < -0.39 is 0 Å². The van der Waals surface area contributed by atoms with Crippen molar-refractivity contribution in [2.75, 3.05) is 51.6 Å². The molecule has 1 aliphatic heterocycles. The van der Waals surface area contributed by atoms with Gasteiger partial charge in [0.15, 0.2) is 0 Å². The third-order valence-corrected chi connectivity index (χ3v) is 3.33. The fourth-order valence-corrected chi connectivity index (χ4v) is 2.26. The van der Waals surface area contributed by atoms with Crippen molar-refractivity contribution >= 4 is 17.4 Å². The second kappa shape index (κ2) is 6.31. The number of likely N-dealkylation sites (N-methyl/N-ethyl adjacent to an activating group) is 1. The number of halogens is 1. The molecule has 1 aromatic heterocycles. The van der Waals surface area contributed by atoms with Crippen molar-refractivity contribution in [1.82, 2.24) is 19.8 Å². The summed E-state index contributed by atoms with van der Waals surface area (Å²) >= 11 is 5.89. The number of aromatic nitrogens is 2. The zero-order chi connectivity index (χ0) is 13.0. The first-order chi connectivity index (χ1) is 8.63. The van der Waals surface area contributed by atoms with Gasteiger partial charge in [0.1, 0.15) is 16.8 Å². The molecule has 1 N–H and O–H groups in total. The molecule has 0 spiro atoms. The summed E-state index contributed by atoms with van der Waals surface area (Å²) in [6.45, 7) is 8.35. The highest BCUT2D eigenvalue weighted by molar-refractivity contribution is 6.29. The van der Waals surface area contributed by atoms with E-state index in [1.54, 1.807) is 6.07 Å². The third kappa shape index (κ3) is 4.08. The molecule has 18 heavy (non-hydrogen) atoms. The molecule has 0 amide bonds. The monoisotopic (exact) mass is 269 g/mol. The molecule has 0 bridgehead atoms. The smallest absolute Gasteiger partial charge is 0.134 e. The third-order valence-electron chi connectivity index (χ3n) is 3.14. The van der Waals surface area contributed by atoms with Crippen molar-refractivity contribution in [3.63, 3.8) is 0 Å². The maximum atomic E-state index is 5.89. The van der Waals surface area contributed by atoms with E-state index in [1.807, 2.05) is 6.92 Å². The predicted molar refractivity (Wildman–Crippen MR) is 74.2 cm³/mol. The molecular formula is C12H20ClN5. The summed E-state index contributed by atoms with van der Waals surface area (Å²) < 4.78 is 0. The van der Waals surface area contributed by atoms with Gasteiger partial charge >= 0.3 is 0 Å². The maximum absolute atomic E-state index is 5.89. The summed E-state index contributed by atoms with van der Waals surface area (Å²) in [5.41, 5.74) is 0.